The highest BCUT2D eigenvalue weighted by molar-refractivity contribution is 7.17. The minimum atomic E-state index is -0.411. The number of nitrogens with two attached hydrogens (primary N) is 2. The number of thiophene rings is 1. The fraction of sp³-hybridized carbons (Fsp3) is 0.500. The summed E-state index contributed by atoms with van der Waals surface area (Å²) in [7, 11) is 0. The Morgan fingerprint density at radius 3 is 2.78 bits per heavy atom. The molecule has 96 valence electrons. The van der Waals surface area contributed by atoms with Crippen LogP contribution in [0.2, 0.25) is 5.28 Å². The van der Waals surface area contributed by atoms with E-state index in [2.05, 4.69) is 9.97 Å². The number of aromatic nitrogens is 2. The van der Waals surface area contributed by atoms with Gasteiger partial charge in [-0.25, -0.2) is 9.97 Å². The minimum Gasteiger partial charge on any atom is -0.328 e. The molecule has 0 radical (unpaired) electrons. The molecule has 0 saturated heterocycles. The van der Waals surface area contributed by atoms with E-state index in [0.29, 0.717) is 0 Å². The lowest BCUT2D eigenvalue weighted by Crippen LogP contribution is -2.44. The fourth-order valence-corrected chi connectivity index (χ4v) is 3.67. The molecule has 1 fully saturated rings. The first kappa shape index (κ1) is 12.3. The van der Waals surface area contributed by atoms with Crippen LogP contribution in [-0.4, -0.2) is 16.0 Å². The van der Waals surface area contributed by atoms with Crippen LogP contribution in [0.5, 0.6) is 0 Å². The van der Waals surface area contributed by atoms with Crippen LogP contribution >= 0.6 is 22.9 Å². The lowest BCUT2D eigenvalue weighted by Gasteiger charge is -2.35. The van der Waals surface area contributed by atoms with Crippen molar-refractivity contribution >= 4 is 33.2 Å². The van der Waals surface area contributed by atoms with Crippen molar-refractivity contribution in [1.82, 2.24) is 9.97 Å². The monoisotopic (exact) mass is 282 g/mol. The van der Waals surface area contributed by atoms with Gasteiger partial charge in [0.25, 0.3) is 0 Å². The molecular formula is C12H15ClN4S. The zero-order valence-corrected chi connectivity index (χ0v) is 11.5. The second-order valence-electron chi connectivity index (χ2n) is 4.97. The van der Waals surface area contributed by atoms with E-state index in [1.807, 2.05) is 11.4 Å². The van der Waals surface area contributed by atoms with Gasteiger partial charge in [-0.2, -0.15) is 0 Å². The Kier molecular flexibility index (Phi) is 3.02. The average Bonchev–Trinajstić information content (AvgIpc) is 2.80. The third kappa shape index (κ3) is 2.01. The lowest BCUT2D eigenvalue weighted by atomic mass is 9.78. The van der Waals surface area contributed by atoms with Crippen LogP contribution in [0.4, 0.5) is 0 Å². The van der Waals surface area contributed by atoms with Crippen LogP contribution < -0.4 is 11.5 Å². The summed E-state index contributed by atoms with van der Waals surface area (Å²) in [6.45, 7) is 0. The van der Waals surface area contributed by atoms with Crippen molar-refractivity contribution in [3.8, 4) is 0 Å². The Morgan fingerprint density at radius 1 is 1.33 bits per heavy atom. The summed E-state index contributed by atoms with van der Waals surface area (Å²) in [6.07, 6.45) is 3.58. The van der Waals surface area contributed by atoms with Crippen LogP contribution in [0.15, 0.2) is 11.4 Å². The van der Waals surface area contributed by atoms with E-state index in [1.165, 1.54) is 0 Å². The van der Waals surface area contributed by atoms with Crippen molar-refractivity contribution in [2.45, 2.75) is 37.3 Å². The van der Waals surface area contributed by atoms with E-state index >= 15 is 0 Å². The van der Waals surface area contributed by atoms with Crippen LogP contribution in [0.25, 0.3) is 10.2 Å². The highest BCUT2D eigenvalue weighted by Gasteiger charge is 2.35. The molecule has 6 heteroatoms. The molecule has 0 atom stereocenters. The maximum Gasteiger partial charge on any atom is 0.223 e. The predicted molar refractivity (Wildman–Crippen MR) is 74.7 cm³/mol. The number of fused-ring (bicyclic) bond motifs is 1. The molecule has 0 unspecified atom stereocenters. The first-order valence-electron chi connectivity index (χ1n) is 6.04. The molecule has 2 heterocycles. The Hall–Kier alpha value is -0.750. The first-order chi connectivity index (χ1) is 8.58. The molecule has 18 heavy (non-hydrogen) atoms. The molecule has 0 spiro atoms. The van der Waals surface area contributed by atoms with Gasteiger partial charge in [-0.3, -0.25) is 0 Å². The number of rotatable bonds is 1. The van der Waals surface area contributed by atoms with Crippen LogP contribution in [0, 0.1) is 0 Å². The van der Waals surface area contributed by atoms with Crippen molar-refractivity contribution in [2.24, 2.45) is 11.5 Å². The maximum absolute atomic E-state index is 6.54. The van der Waals surface area contributed by atoms with Gasteiger partial charge in [-0.15, -0.1) is 11.3 Å². The quantitative estimate of drug-likeness (QED) is 0.787. The summed E-state index contributed by atoms with van der Waals surface area (Å²) in [5, 5.41) is 2.27. The molecule has 1 aliphatic rings. The van der Waals surface area contributed by atoms with E-state index in [9.17, 15) is 0 Å². The van der Waals surface area contributed by atoms with Gasteiger partial charge in [0.2, 0.25) is 5.28 Å². The van der Waals surface area contributed by atoms with Crippen molar-refractivity contribution in [3.63, 3.8) is 0 Å². The summed E-state index contributed by atoms with van der Waals surface area (Å²) < 4.78 is 1.05. The molecule has 0 bridgehead atoms. The molecule has 1 saturated carbocycles. The van der Waals surface area contributed by atoms with Crippen molar-refractivity contribution in [2.75, 3.05) is 0 Å². The van der Waals surface area contributed by atoms with E-state index in [4.69, 9.17) is 23.1 Å². The van der Waals surface area contributed by atoms with E-state index in [1.54, 1.807) is 11.3 Å². The summed E-state index contributed by atoms with van der Waals surface area (Å²) in [6, 6.07) is 2.22. The molecule has 1 aliphatic carbocycles. The number of nitrogens with zero attached hydrogens (tertiary/aromatic N) is 2. The second-order valence-corrected chi connectivity index (χ2v) is 6.22. The van der Waals surface area contributed by atoms with Gasteiger partial charge in [0.1, 0.15) is 0 Å². The van der Waals surface area contributed by atoms with Gasteiger partial charge in [-0.05, 0) is 48.7 Å². The Balaban J connectivity index is 2.10. The Bertz CT molecular complexity index is 574. The maximum atomic E-state index is 6.54. The van der Waals surface area contributed by atoms with E-state index in [-0.39, 0.29) is 11.3 Å². The summed E-state index contributed by atoms with van der Waals surface area (Å²) in [4.78, 5) is 8.61. The van der Waals surface area contributed by atoms with Crippen molar-refractivity contribution < 1.29 is 0 Å². The molecule has 0 amide bonds. The van der Waals surface area contributed by atoms with E-state index in [0.717, 1.165) is 41.6 Å². The third-order valence-corrected chi connectivity index (χ3v) is 4.75. The Labute approximate surface area is 114 Å². The molecule has 0 aromatic carbocycles. The largest absolute Gasteiger partial charge is 0.328 e. The zero-order chi connectivity index (χ0) is 12.8. The standard InChI is InChI=1S/C12H15ClN4S/c13-11-16-8-3-6-18-9(8)10(17-11)12(15)4-1-7(14)2-5-12/h3,6-7H,1-2,4-5,14-15H2. The third-order valence-electron chi connectivity index (χ3n) is 3.67. The van der Waals surface area contributed by atoms with E-state index < -0.39 is 5.54 Å². The topological polar surface area (TPSA) is 77.8 Å². The van der Waals surface area contributed by atoms with Crippen molar-refractivity contribution in [1.29, 1.82) is 0 Å². The molecule has 4 N–H and O–H groups in total. The molecule has 2 aromatic heterocycles. The normalized spacial score (nSPS) is 28.7. The smallest absolute Gasteiger partial charge is 0.223 e. The van der Waals surface area contributed by atoms with Crippen molar-refractivity contribution in [3.05, 3.63) is 22.4 Å². The van der Waals surface area contributed by atoms with Gasteiger partial charge >= 0.3 is 0 Å². The predicted octanol–water partition coefficient (Wildman–Crippen LogP) is 2.40. The highest BCUT2D eigenvalue weighted by atomic mass is 35.5. The first-order valence-corrected chi connectivity index (χ1v) is 7.30. The fourth-order valence-electron chi connectivity index (χ4n) is 2.56. The summed E-state index contributed by atoms with van der Waals surface area (Å²) in [5.74, 6) is 0. The number of hydrogen-bond acceptors (Lipinski definition) is 5. The summed E-state index contributed by atoms with van der Waals surface area (Å²) in [5.41, 5.74) is 13.8. The minimum absolute atomic E-state index is 0.262. The van der Waals surface area contributed by atoms with Crippen LogP contribution in [-0.2, 0) is 5.54 Å². The van der Waals surface area contributed by atoms with Gasteiger partial charge < -0.3 is 11.5 Å². The molecular weight excluding hydrogens is 268 g/mol. The summed E-state index contributed by atoms with van der Waals surface area (Å²) >= 11 is 7.61. The molecule has 0 aliphatic heterocycles. The second kappa shape index (κ2) is 4.42. The highest BCUT2D eigenvalue weighted by Crippen LogP contribution is 2.38. The molecule has 4 nitrogen and oxygen atoms in total. The van der Waals surface area contributed by atoms with Gasteiger partial charge in [-0.1, -0.05) is 0 Å². The van der Waals surface area contributed by atoms with Crippen LogP contribution in [0.1, 0.15) is 31.4 Å². The van der Waals surface area contributed by atoms with Gasteiger partial charge in [0.05, 0.1) is 21.4 Å². The molecule has 3 rings (SSSR count). The average molecular weight is 283 g/mol. The zero-order valence-electron chi connectivity index (χ0n) is 9.90. The number of hydrogen-bond donors (Lipinski definition) is 2. The van der Waals surface area contributed by atoms with Gasteiger partial charge in [0.15, 0.2) is 0 Å². The Morgan fingerprint density at radius 2 is 2.06 bits per heavy atom. The van der Waals surface area contributed by atoms with Crippen LogP contribution in [0.3, 0.4) is 0 Å². The molecule has 2 aromatic rings. The van der Waals surface area contributed by atoms with Gasteiger partial charge in [0, 0.05) is 6.04 Å². The lowest BCUT2D eigenvalue weighted by molar-refractivity contribution is 0.274. The SMILES string of the molecule is NC1CCC(N)(c2nc(Cl)nc3ccsc23)CC1. The number of halogens is 1.